The maximum absolute atomic E-state index is 11.1. The quantitative estimate of drug-likeness (QED) is 0.865. The molecule has 1 heterocycles. The molecule has 0 radical (unpaired) electrons. The molecule has 92 valence electrons. The van der Waals surface area contributed by atoms with Crippen molar-refractivity contribution in [3.8, 4) is 11.5 Å². The fourth-order valence-electron chi connectivity index (χ4n) is 1.79. The topological polar surface area (TPSA) is 61.6 Å². The van der Waals surface area contributed by atoms with Crippen molar-refractivity contribution in [3.05, 3.63) is 23.8 Å². The van der Waals surface area contributed by atoms with Crippen molar-refractivity contribution in [2.24, 2.45) is 5.73 Å². The van der Waals surface area contributed by atoms with E-state index in [0.717, 1.165) is 11.3 Å². The minimum absolute atomic E-state index is 0.0111. The van der Waals surface area contributed by atoms with Crippen LogP contribution in [0, 0.1) is 0 Å². The van der Waals surface area contributed by atoms with E-state index < -0.39 is 11.8 Å². The molecule has 1 aliphatic rings. The van der Waals surface area contributed by atoms with Crippen LogP contribution in [-0.4, -0.2) is 17.6 Å². The molecule has 2 N–H and O–H groups in total. The van der Waals surface area contributed by atoms with Gasteiger partial charge in [0.05, 0.1) is 6.04 Å². The molecule has 0 aliphatic carbocycles. The third kappa shape index (κ3) is 2.58. The molecular weight excluding hydrogens is 218 g/mol. The van der Waals surface area contributed by atoms with Gasteiger partial charge in [0.15, 0.2) is 11.5 Å². The Hall–Kier alpha value is -1.55. The van der Waals surface area contributed by atoms with Crippen molar-refractivity contribution in [3.63, 3.8) is 0 Å². The van der Waals surface area contributed by atoms with Crippen LogP contribution >= 0.6 is 0 Å². The maximum Gasteiger partial charge on any atom is 0.246 e. The van der Waals surface area contributed by atoms with Crippen LogP contribution in [0.2, 0.25) is 0 Å². The monoisotopic (exact) mass is 235 g/mol. The summed E-state index contributed by atoms with van der Waals surface area (Å²) in [5.74, 6) is 0.810. The van der Waals surface area contributed by atoms with Crippen molar-refractivity contribution in [2.75, 3.05) is 0 Å². The van der Waals surface area contributed by atoms with E-state index in [4.69, 9.17) is 15.2 Å². The summed E-state index contributed by atoms with van der Waals surface area (Å²) in [5.41, 5.74) is 6.70. The average molecular weight is 235 g/mol. The molecule has 0 saturated carbocycles. The Bertz CT molecular complexity index is 454. The molecule has 17 heavy (non-hydrogen) atoms. The number of rotatable bonds is 3. The van der Waals surface area contributed by atoms with Crippen LogP contribution in [0.4, 0.5) is 0 Å². The van der Waals surface area contributed by atoms with E-state index in [2.05, 4.69) is 0 Å². The number of fused-ring (bicyclic) bond motifs is 1. The van der Waals surface area contributed by atoms with Gasteiger partial charge < -0.3 is 15.2 Å². The van der Waals surface area contributed by atoms with Crippen molar-refractivity contribution in [2.45, 2.75) is 39.0 Å². The fourth-order valence-corrected chi connectivity index (χ4v) is 1.79. The second-order valence-corrected chi connectivity index (χ2v) is 4.81. The smallest absolute Gasteiger partial charge is 0.246 e. The average Bonchev–Trinajstić information content (AvgIpc) is 2.50. The number of carbonyl (C=O) groups is 1. The minimum atomic E-state index is -0.621. The van der Waals surface area contributed by atoms with Crippen LogP contribution in [0.5, 0.6) is 11.5 Å². The molecule has 4 nitrogen and oxygen atoms in total. The third-order valence-corrected chi connectivity index (χ3v) is 2.70. The summed E-state index contributed by atoms with van der Waals surface area (Å²) in [5, 5.41) is 0. The van der Waals surface area contributed by atoms with Crippen LogP contribution in [0.25, 0.3) is 0 Å². The number of hydrogen-bond acceptors (Lipinski definition) is 4. The molecule has 1 aliphatic heterocycles. The summed E-state index contributed by atoms with van der Waals surface area (Å²) >= 11 is 0. The van der Waals surface area contributed by atoms with E-state index in [0.29, 0.717) is 12.2 Å². The van der Waals surface area contributed by atoms with Crippen LogP contribution in [0.15, 0.2) is 18.2 Å². The predicted octanol–water partition coefficient (Wildman–Crippen LogP) is 1.65. The Morgan fingerprint density at radius 3 is 2.65 bits per heavy atom. The molecule has 1 aromatic rings. The molecule has 4 heteroatoms. The number of Topliss-reactive ketones (excluding diaryl/α,β-unsaturated/α-hetero) is 1. The first-order valence-electron chi connectivity index (χ1n) is 5.64. The highest BCUT2D eigenvalue weighted by molar-refractivity contribution is 5.81. The third-order valence-electron chi connectivity index (χ3n) is 2.70. The molecule has 0 unspecified atom stereocenters. The number of carbonyl (C=O) groups excluding carboxylic acids is 1. The van der Waals surface area contributed by atoms with Gasteiger partial charge in [0.25, 0.3) is 0 Å². The molecule has 2 rings (SSSR count). The van der Waals surface area contributed by atoms with Gasteiger partial charge in [-0.05, 0) is 31.0 Å². The van der Waals surface area contributed by atoms with E-state index in [1.54, 1.807) is 0 Å². The summed E-state index contributed by atoms with van der Waals surface area (Å²) in [7, 11) is 0. The van der Waals surface area contributed by atoms with Gasteiger partial charge in [-0.2, -0.15) is 0 Å². The zero-order valence-electron chi connectivity index (χ0n) is 10.3. The van der Waals surface area contributed by atoms with Gasteiger partial charge in [-0.3, -0.25) is 4.79 Å². The minimum Gasteiger partial charge on any atom is -0.449 e. The molecule has 0 aromatic heterocycles. The van der Waals surface area contributed by atoms with Crippen LogP contribution in [0.3, 0.4) is 0 Å². The SMILES string of the molecule is CC(=O)[C@@H](N)Cc1ccc2c(c1)OC(C)(C)O2. The lowest BCUT2D eigenvalue weighted by atomic mass is 10.0. The Labute approximate surface area is 101 Å². The lowest BCUT2D eigenvalue weighted by Gasteiger charge is -2.16. The molecule has 0 fully saturated rings. The summed E-state index contributed by atoms with van der Waals surface area (Å²) in [4.78, 5) is 11.1. The predicted molar refractivity (Wildman–Crippen MR) is 64.1 cm³/mol. The zero-order valence-corrected chi connectivity index (χ0v) is 10.3. The summed E-state index contributed by atoms with van der Waals surface area (Å²) < 4.78 is 11.2. The van der Waals surface area contributed by atoms with Crippen LogP contribution in [-0.2, 0) is 11.2 Å². The van der Waals surface area contributed by atoms with E-state index in [1.807, 2.05) is 32.0 Å². The Morgan fingerprint density at radius 2 is 2.00 bits per heavy atom. The number of ketones is 1. The highest BCUT2D eigenvalue weighted by Gasteiger charge is 2.31. The second kappa shape index (κ2) is 4.04. The fraction of sp³-hybridized carbons (Fsp3) is 0.462. The van der Waals surface area contributed by atoms with Gasteiger partial charge in [0, 0.05) is 13.8 Å². The van der Waals surface area contributed by atoms with E-state index in [1.165, 1.54) is 6.92 Å². The van der Waals surface area contributed by atoms with Crippen molar-refractivity contribution < 1.29 is 14.3 Å². The van der Waals surface area contributed by atoms with Gasteiger partial charge in [-0.25, -0.2) is 0 Å². The van der Waals surface area contributed by atoms with Gasteiger partial charge >= 0.3 is 0 Å². The molecular formula is C13H17NO3. The maximum atomic E-state index is 11.1. The largest absolute Gasteiger partial charge is 0.449 e. The van der Waals surface area contributed by atoms with Gasteiger partial charge in [-0.1, -0.05) is 6.07 Å². The van der Waals surface area contributed by atoms with E-state index in [9.17, 15) is 4.79 Å². The summed E-state index contributed by atoms with van der Waals surface area (Å²) in [6, 6.07) is 5.19. The van der Waals surface area contributed by atoms with E-state index >= 15 is 0 Å². The summed E-state index contributed by atoms with van der Waals surface area (Å²) in [6.45, 7) is 5.21. The lowest BCUT2D eigenvalue weighted by Crippen LogP contribution is -2.30. The van der Waals surface area contributed by atoms with Gasteiger partial charge in [-0.15, -0.1) is 0 Å². The molecule has 0 bridgehead atoms. The molecule has 1 atom stereocenters. The molecule has 0 saturated heterocycles. The number of nitrogens with two attached hydrogens (primary N) is 1. The van der Waals surface area contributed by atoms with Crippen molar-refractivity contribution in [1.82, 2.24) is 0 Å². The number of hydrogen-bond donors (Lipinski definition) is 1. The first-order chi connectivity index (χ1) is 7.87. The first-order valence-corrected chi connectivity index (χ1v) is 5.64. The lowest BCUT2D eigenvalue weighted by molar-refractivity contribution is -0.118. The zero-order chi connectivity index (χ0) is 12.6. The van der Waals surface area contributed by atoms with E-state index in [-0.39, 0.29) is 5.78 Å². The Kier molecular flexibility index (Phi) is 2.83. The molecule has 0 spiro atoms. The van der Waals surface area contributed by atoms with Gasteiger partial charge in [0.2, 0.25) is 5.79 Å². The molecule has 1 aromatic carbocycles. The Morgan fingerprint density at radius 1 is 1.35 bits per heavy atom. The highest BCUT2D eigenvalue weighted by Crippen LogP contribution is 2.39. The number of benzene rings is 1. The highest BCUT2D eigenvalue weighted by atomic mass is 16.7. The summed E-state index contributed by atoms with van der Waals surface area (Å²) in [6.07, 6.45) is 0.520. The second-order valence-electron chi connectivity index (χ2n) is 4.81. The normalized spacial score (nSPS) is 17.9. The van der Waals surface area contributed by atoms with Gasteiger partial charge in [0.1, 0.15) is 5.78 Å². The number of ether oxygens (including phenoxy) is 2. The van der Waals surface area contributed by atoms with Crippen LogP contribution in [0.1, 0.15) is 26.3 Å². The van der Waals surface area contributed by atoms with Crippen LogP contribution < -0.4 is 15.2 Å². The van der Waals surface area contributed by atoms with Crippen molar-refractivity contribution in [1.29, 1.82) is 0 Å². The molecule has 0 amide bonds. The standard InChI is InChI=1S/C13H17NO3/c1-8(15)10(14)6-9-4-5-11-12(7-9)17-13(2,3)16-11/h4-5,7,10H,6,14H2,1-3H3/t10-/m0/s1. The first kappa shape index (κ1) is 11.9. The Balaban J connectivity index is 2.16. The van der Waals surface area contributed by atoms with Crippen molar-refractivity contribution >= 4 is 5.78 Å².